The number of carbonyl (C=O) groups is 3. The summed E-state index contributed by atoms with van der Waals surface area (Å²) in [5.74, 6) is -2.71. The van der Waals surface area contributed by atoms with Crippen LogP contribution in [0.4, 0.5) is 5.69 Å². The molecule has 1 N–H and O–H groups in total. The van der Waals surface area contributed by atoms with Crippen LogP contribution in [0, 0.1) is 27.9 Å². The maximum atomic E-state index is 12.0. The van der Waals surface area contributed by atoms with Gasteiger partial charge >= 0.3 is 5.97 Å². The van der Waals surface area contributed by atoms with E-state index in [1.807, 2.05) is 18.4 Å². The van der Waals surface area contributed by atoms with Crippen molar-refractivity contribution in [1.29, 1.82) is 0 Å². The maximum Gasteiger partial charge on any atom is 0.307 e. The third-order valence-corrected chi connectivity index (χ3v) is 5.47. The second-order valence-electron chi connectivity index (χ2n) is 6.55. The molecule has 27 heavy (non-hydrogen) atoms. The lowest BCUT2D eigenvalue weighted by atomic mass is 9.88. The Kier molecular flexibility index (Phi) is 7.35. The highest BCUT2D eigenvalue weighted by atomic mass is 32.2. The first-order valence-corrected chi connectivity index (χ1v) is 9.77. The number of rotatable bonds is 8. The monoisotopic (exact) mass is 394 g/mol. The van der Waals surface area contributed by atoms with E-state index in [0.29, 0.717) is 5.69 Å². The summed E-state index contributed by atoms with van der Waals surface area (Å²) in [6.45, 7) is 0.947. The molecule has 1 aliphatic carbocycles. The van der Waals surface area contributed by atoms with Crippen molar-refractivity contribution in [2.24, 2.45) is 17.8 Å². The average molecular weight is 394 g/mol. The zero-order chi connectivity index (χ0) is 20.0. The van der Waals surface area contributed by atoms with Crippen LogP contribution in [-0.4, -0.2) is 42.0 Å². The molecule has 1 saturated carbocycles. The number of anilines is 1. The second-order valence-corrected chi connectivity index (χ2v) is 7.39. The summed E-state index contributed by atoms with van der Waals surface area (Å²) in [6.07, 6.45) is 1.87. The Hall–Kier alpha value is -2.42. The SMILES string of the molecule is CSc1ccccc1NC(=O)COC(=O)C[C@@H]1C(=O)C[C@H](C)[C@H]1C[N+](=O)[O-]. The van der Waals surface area contributed by atoms with Gasteiger partial charge in [-0.2, -0.15) is 0 Å². The van der Waals surface area contributed by atoms with E-state index < -0.39 is 35.2 Å². The number of nitrogens with one attached hydrogen (secondary N) is 1. The fraction of sp³-hybridized carbons (Fsp3) is 0.500. The highest BCUT2D eigenvalue weighted by molar-refractivity contribution is 7.98. The van der Waals surface area contributed by atoms with Gasteiger partial charge in [-0.25, -0.2) is 0 Å². The van der Waals surface area contributed by atoms with Gasteiger partial charge < -0.3 is 10.1 Å². The van der Waals surface area contributed by atoms with E-state index in [1.54, 1.807) is 19.1 Å². The lowest BCUT2D eigenvalue weighted by Gasteiger charge is -2.17. The van der Waals surface area contributed by atoms with Gasteiger partial charge in [-0.3, -0.25) is 24.5 Å². The molecule has 0 spiro atoms. The summed E-state index contributed by atoms with van der Waals surface area (Å²) < 4.78 is 4.97. The van der Waals surface area contributed by atoms with Gasteiger partial charge in [0.15, 0.2) is 6.61 Å². The van der Waals surface area contributed by atoms with Gasteiger partial charge in [0, 0.05) is 28.1 Å². The Morgan fingerprint density at radius 3 is 2.74 bits per heavy atom. The van der Waals surface area contributed by atoms with Crippen LogP contribution < -0.4 is 5.32 Å². The summed E-state index contributed by atoms with van der Waals surface area (Å²) in [6, 6.07) is 7.23. The maximum absolute atomic E-state index is 12.0. The molecule has 1 fully saturated rings. The Bertz CT molecular complexity index is 738. The van der Waals surface area contributed by atoms with Crippen molar-refractivity contribution in [3.8, 4) is 0 Å². The topological polar surface area (TPSA) is 116 Å². The quantitative estimate of drug-likeness (QED) is 0.311. The number of benzene rings is 1. The number of ketones is 1. The van der Waals surface area contributed by atoms with E-state index in [1.165, 1.54) is 11.8 Å². The number of ether oxygens (including phenoxy) is 1. The van der Waals surface area contributed by atoms with E-state index in [0.717, 1.165) is 4.90 Å². The van der Waals surface area contributed by atoms with Gasteiger partial charge in [-0.1, -0.05) is 19.1 Å². The second kappa shape index (κ2) is 9.50. The number of para-hydroxylation sites is 1. The van der Waals surface area contributed by atoms with Gasteiger partial charge in [0.1, 0.15) is 5.78 Å². The van der Waals surface area contributed by atoms with Crippen LogP contribution in [0.1, 0.15) is 19.8 Å². The molecule has 1 aromatic rings. The summed E-state index contributed by atoms with van der Waals surface area (Å²) >= 11 is 1.47. The normalized spacial score (nSPS) is 21.7. The molecule has 9 heteroatoms. The summed E-state index contributed by atoms with van der Waals surface area (Å²) in [4.78, 5) is 47.3. The minimum atomic E-state index is -0.724. The number of hydrogen-bond acceptors (Lipinski definition) is 7. The fourth-order valence-corrected chi connectivity index (χ4v) is 3.87. The van der Waals surface area contributed by atoms with Crippen LogP contribution in [-0.2, 0) is 19.1 Å². The first kappa shape index (κ1) is 20.9. The number of amides is 1. The van der Waals surface area contributed by atoms with Crippen LogP contribution >= 0.6 is 11.8 Å². The van der Waals surface area contributed by atoms with E-state index >= 15 is 0 Å². The smallest absolute Gasteiger partial charge is 0.307 e. The number of carbonyl (C=O) groups excluding carboxylic acids is 3. The zero-order valence-electron chi connectivity index (χ0n) is 15.2. The largest absolute Gasteiger partial charge is 0.456 e. The average Bonchev–Trinajstić information content (AvgIpc) is 2.87. The third kappa shape index (κ3) is 5.78. The minimum Gasteiger partial charge on any atom is -0.456 e. The number of Topliss-reactive ketones (excluding diaryl/α,β-unsaturated/α-hetero) is 1. The Morgan fingerprint density at radius 1 is 1.37 bits per heavy atom. The number of esters is 1. The molecule has 0 aliphatic heterocycles. The number of nitro groups is 1. The van der Waals surface area contributed by atoms with E-state index in [4.69, 9.17) is 4.74 Å². The first-order valence-electron chi connectivity index (χ1n) is 8.54. The van der Waals surface area contributed by atoms with Gasteiger partial charge in [-0.15, -0.1) is 11.8 Å². The van der Waals surface area contributed by atoms with Crippen molar-refractivity contribution in [2.45, 2.75) is 24.7 Å². The molecule has 0 aromatic heterocycles. The van der Waals surface area contributed by atoms with Crippen molar-refractivity contribution in [2.75, 3.05) is 24.7 Å². The van der Waals surface area contributed by atoms with Crippen molar-refractivity contribution >= 4 is 35.1 Å². The highest BCUT2D eigenvalue weighted by Gasteiger charge is 2.44. The molecular formula is C18H22N2O6S. The molecule has 0 unspecified atom stereocenters. The molecule has 8 nitrogen and oxygen atoms in total. The summed E-state index contributed by atoms with van der Waals surface area (Å²) in [7, 11) is 0. The van der Waals surface area contributed by atoms with Crippen LogP contribution in [0.15, 0.2) is 29.2 Å². The summed E-state index contributed by atoms with van der Waals surface area (Å²) in [5, 5.41) is 13.5. The van der Waals surface area contributed by atoms with Crippen molar-refractivity contribution in [3.05, 3.63) is 34.4 Å². The molecule has 3 atom stereocenters. The number of thioether (sulfide) groups is 1. The molecule has 146 valence electrons. The first-order chi connectivity index (χ1) is 12.8. The van der Waals surface area contributed by atoms with E-state index in [-0.39, 0.29) is 31.1 Å². The lowest BCUT2D eigenvalue weighted by molar-refractivity contribution is -0.490. The molecule has 0 radical (unpaired) electrons. The molecule has 0 heterocycles. The standard InChI is InChI=1S/C18H22N2O6S/c1-11-7-15(21)12(13(11)9-20(24)25)8-18(23)26-10-17(22)19-14-5-3-4-6-16(14)27-2/h3-6,11-13H,7-10H2,1-2H3,(H,19,22)/t11-,12-,13+/m0/s1. The molecule has 0 saturated heterocycles. The van der Waals surface area contributed by atoms with Crippen molar-refractivity contribution < 1.29 is 24.0 Å². The minimum absolute atomic E-state index is 0.146. The molecule has 1 aromatic carbocycles. The Balaban J connectivity index is 1.87. The van der Waals surface area contributed by atoms with Gasteiger partial charge in [0.05, 0.1) is 12.1 Å². The van der Waals surface area contributed by atoms with Crippen LogP contribution in [0.2, 0.25) is 0 Å². The molecular weight excluding hydrogens is 372 g/mol. The molecule has 1 aliphatic rings. The van der Waals surface area contributed by atoms with E-state index in [2.05, 4.69) is 5.32 Å². The van der Waals surface area contributed by atoms with Crippen molar-refractivity contribution in [3.63, 3.8) is 0 Å². The number of hydrogen-bond donors (Lipinski definition) is 1. The predicted octanol–water partition coefficient (Wildman–Crippen LogP) is 2.40. The molecule has 1 amide bonds. The van der Waals surface area contributed by atoms with Gasteiger partial charge in [-0.05, 0) is 24.3 Å². The molecule has 0 bridgehead atoms. The lowest BCUT2D eigenvalue weighted by Crippen LogP contribution is -2.28. The zero-order valence-corrected chi connectivity index (χ0v) is 16.0. The molecule has 2 rings (SSSR count). The fourth-order valence-electron chi connectivity index (χ4n) is 3.32. The third-order valence-electron chi connectivity index (χ3n) is 4.68. The summed E-state index contributed by atoms with van der Waals surface area (Å²) in [5.41, 5.74) is 0.622. The highest BCUT2D eigenvalue weighted by Crippen LogP contribution is 2.36. The Labute approximate surface area is 161 Å². The van der Waals surface area contributed by atoms with Crippen LogP contribution in [0.5, 0.6) is 0 Å². The van der Waals surface area contributed by atoms with Crippen LogP contribution in [0.3, 0.4) is 0 Å². The van der Waals surface area contributed by atoms with E-state index in [9.17, 15) is 24.5 Å². The number of nitrogens with zero attached hydrogens (tertiary/aromatic N) is 1. The Morgan fingerprint density at radius 2 is 2.07 bits per heavy atom. The predicted molar refractivity (Wildman–Crippen MR) is 100 cm³/mol. The van der Waals surface area contributed by atoms with Crippen LogP contribution in [0.25, 0.3) is 0 Å². The van der Waals surface area contributed by atoms with Gasteiger partial charge in [0.25, 0.3) is 5.91 Å². The van der Waals surface area contributed by atoms with Crippen molar-refractivity contribution in [1.82, 2.24) is 0 Å². The van der Waals surface area contributed by atoms with Gasteiger partial charge in [0.2, 0.25) is 6.54 Å².